The van der Waals surface area contributed by atoms with Gasteiger partial charge < -0.3 is 30.0 Å². The number of rotatable bonds is 5. The van der Waals surface area contributed by atoms with Crippen LogP contribution in [0.1, 0.15) is 28.4 Å². The van der Waals surface area contributed by atoms with Gasteiger partial charge in [0, 0.05) is 29.6 Å². The van der Waals surface area contributed by atoms with Crippen LogP contribution in [0.2, 0.25) is 0 Å². The monoisotopic (exact) mass is 497 g/mol. The largest absolute Gasteiger partial charge is 0.733 e. The molecule has 2 aliphatic heterocycles. The number of piperazine rings is 1. The van der Waals surface area contributed by atoms with E-state index in [4.69, 9.17) is 4.74 Å². The maximum Gasteiger partial charge on any atom is 0.246 e. The summed E-state index contributed by atoms with van der Waals surface area (Å²) in [6.45, 7) is 0.297. The van der Waals surface area contributed by atoms with Gasteiger partial charge in [-0.15, -0.1) is 0 Å². The van der Waals surface area contributed by atoms with E-state index in [2.05, 4.69) is 4.98 Å². The van der Waals surface area contributed by atoms with Crippen LogP contribution >= 0.6 is 0 Å². The highest BCUT2D eigenvalue weighted by molar-refractivity contribution is 5.97. The number of benzene rings is 3. The Labute approximate surface area is 213 Å². The number of fused-ring (bicyclic) bond motifs is 4. The topological polar surface area (TPSA) is 112 Å². The first-order chi connectivity index (χ1) is 17.9. The Balaban J connectivity index is 1.41. The molecule has 4 aromatic rings. The Morgan fingerprint density at radius 3 is 2.49 bits per heavy atom. The lowest BCUT2D eigenvalue weighted by Crippen LogP contribution is -2.62. The molecule has 0 bridgehead atoms. The van der Waals surface area contributed by atoms with Crippen LogP contribution in [-0.4, -0.2) is 51.5 Å². The Hall–Kier alpha value is -4.34. The Morgan fingerprint density at radius 1 is 1.05 bits per heavy atom. The molecular formula is C28H25N4O5-. The molecule has 1 unspecified atom stereocenters. The molecule has 0 aliphatic carbocycles. The van der Waals surface area contributed by atoms with Crippen molar-refractivity contribution in [3.05, 3.63) is 100 Å². The van der Waals surface area contributed by atoms with Gasteiger partial charge in [0.05, 0.1) is 18.8 Å². The van der Waals surface area contributed by atoms with Gasteiger partial charge in [-0.2, -0.15) is 0 Å². The maximum absolute atomic E-state index is 13.8. The summed E-state index contributed by atoms with van der Waals surface area (Å²) in [5, 5.41) is 21.4. The number of H-pyrrole nitrogens is 1. The van der Waals surface area contributed by atoms with Crippen LogP contribution < -0.4 is 9.96 Å². The van der Waals surface area contributed by atoms with Gasteiger partial charge in [0.15, 0.2) is 0 Å². The normalized spacial score (nSPS) is 19.1. The molecule has 2 aliphatic rings. The van der Waals surface area contributed by atoms with Crippen molar-refractivity contribution in [3.8, 4) is 5.75 Å². The summed E-state index contributed by atoms with van der Waals surface area (Å²) in [6, 6.07) is 20.6. The lowest BCUT2D eigenvalue weighted by Gasteiger charge is -2.47. The molecule has 0 radical (unpaired) electrons. The van der Waals surface area contributed by atoms with E-state index in [1.807, 2.05) is 48.5 Å². The molecule has 2 N–H and O–H groups in total. The third-order valence-corrected chi connectivity index (χ3v) is 7.30. The molecule has 9 heteroatoms. The van der Waals surface area contributed by atoms with E-state index in [9.17, 15) is 20.0 Å². The molecule has 3 aromatic carbocycles. The highest BCUT2D eigenvalue weighted by Gasteiger charge is 2.48. The number of nitrogens with one attached hydrogen (secondary N) is 1. The number of hydrogen-bond donors (Lipinski definition) is 2. The summed E-state index contributed by atoms with van der Waals surface area (Å²) in [6.07, 6.45) is 0.405. The predicted molar refractivity (Wildman–Crippen MR) is 137 cm³/mol. The van der Waals surface area contributed by atoms with Crippen LogP contribution in [0, 0.1) is 5.21 Å². The summed E-state index contributed by atoms with van der Waals surface area (Å²) in [5.41, 5.74) is 4.54. The lowest BCUT2D eigenvalue weighted by molar-refractivity contribution is -0.159. The second kappa shape index (κ2) is 8.95. The summed E-state index contributed by atoms with van der Waals surface area (Å²) in [4.78, 5) is 34.3. The second-order valence-corrected chi connectivity index (χ2v) is 9.39. The van der Waals surface area contributed by atoms with Gasteiger partial charge in [-0.25, -0.2) is 0 Å². The number of amides is 2. The number of hydrogen-bond acceptors (Lipinski definition) is 6. The van der Waals surface area contributed by atoms with E-state index in [1.165, 1.54) is 12.1 Å². The molecule has 1 saturated heterocycles. The van der Waals surface area contributed by atoms with Crippen molar-refractivity contribution >= 4 is 28.4 Å². The van der Waals surface area contributed by atoms with Crippen molar-refractivity contribution in [2.75, 3.05) is 18.9 Å². The van der Waals surface area contributed by atoms with Crippen molar-refractivity contribution in [3.63, 3.8) is 0 Å². The minimum absolute atomic E-state index is 0.0313. The highest BCUT2D eigenvalue weighted by atomic mass is 16.8. The summed E-state index contributed by atoms with van der Waals surface area (Å²) >= 11 is 0. The zero-order valence-electron chi connectivity index (χ0n) is 20.1. The van der Waals surface area contributed by atoms with Gasteiger partial charge in [0.25, 0.3) is 0 Å². The molecule has 9 nitrogen and oxygen atoms in total. The second-order valence-electron chi connectivity index (χ2n) is 9.39. The number of carbonyl (C=O) groups excluding carboxylic acids is 2. The number of anilines is 1. The van der Waals surface area contributed by atoms with Crippen LogP contribution in [0.15, 0.2) is 72.8 Å². The predicted octanol–water partition coefficient (Wildman–Crippen LogP) is 3.76. The average molecular weight is 498 g/mol. The van der Waals surface area contributed by atoms with E-state index < -0.39 is 12.1 Å². The third-order valence-electron chi connectivity index (χ3n) is 7.30. The fourth-order valence-corrected chi connectivity index (χ4v) is 5.54. The summed E-state index contributed by atoms with van der Waals surface area (Å²) in [5.74, 6) is 0.475. The Bertz CT molecular complexity index is 1480. The van der Waals surface area contributed by atoms with E-state index in [1.54, 1.807) is 29.0 Å². The molecule has 1 aromatic heterocycles. The number of carbonyl (C=O) groups is 2. The number of aromatic nitrogens is 1. The van der Waals surface area contributed by atoms with Crippen LogP contribution in [-0.2, 0) is 22.6 Å². The average Bonchev–Trinajstić information content (AvgIpc) is 3.29. The molecule has 2 amide bonds. The van der Waals surface area contributed by atoms with E-state index in [0.717, 1.165) is 39.0 Å². The van der Waals surface area contributed by atoms with E-state index in [0.29, 0.717) is 13.0 Å². The molecule has 0 spiro atoms. The van der Waals surface area contributed by atoms with Crippen molar-refractivity contribution in [1.82, 2.24) is 14.8 Å². The molecule has 3 heterocycles. The number of para-hydroxylation sites is 1. The first-order valence-electron chi connectivity index (χ1n) is 12.0. The molecule has 1 fully saturated rings. The standard InChI is InChI=1S/C28H25N4O5/c1-37-20-12-6-17(7-13-20)15-30-16-25(33)31-24(28(30)34)14-22-21-4-2-3-5-23(21)29-26(22)27(31)18-8-10-19(11-9-18)32(35)36/h2-13,24,27,29,35H,14-16H2,1H3/q-1/t24-,27?/m0/s1. The van der Waals surface area contributed by atoms with Crippen LogP contribution in [0.5, 0.6) is 5.75 Å². The lowest BCUT2D eigenvalue weighted by atomic mass is 9.86. The fraction of sp³-hybridized carbons (Fsp3) is 0.214. The molecule has 6 rings (SSSR count). The van der Waals surface area contributed by atoms with Crippen molar-refractivity contribution < 1.29 is 19.5 Å². The summed E-state index contributed by atoms with van der Waals surface area (Å²) < 4.78 is 5.22. The zero-order chi connectivity index (χ0) is 25.7. The van der Waals surface area contributed by atoms with Gasteiger partial charge in [-0.05, 0) is 47.0 Å². The number of methoxy groups -OCH3 is 1. The van der Waals surface area contributed by atoms with Crippen LogP contribution in [0.3, 0.4) is 0 Å². The van der Waals surface area contributed by atoms with Crippen molar-refractivity contribution in [1.29, 1.82) is 0 Å². The van der Waals surface area contributed by atoms with Gasteiger partial charge in [0.1, 0.15) is 18.3 Å². The fourth-order valence-electron chi connectivity index (χ4n) is 5.54. The van der Waals surface area contributed by atoms with E-state index in [-0.39, 0.29) is 29.3 Å². The number of nitrogens with zero attached hydrogens (tertiary/aromatic N) is 3. The molecule has 2 atom stereocenters. The molecule has 188 valence electrons. The minimum Gasteiger partial charge on any atom is -0.733 e. The van der Waals surface area contributed by atoms with Crippen LogP contribution in [0.25, 0.3) is 10.9 Å². The third kappa shape index (κ3) is 3.89. The Morgan fingerprint density at radius 2 is 1.78 bits per heavy atom. The number of aromatic amines is 1. The van der Waals surface area contributed by atoms with Crippen molar-refractivity contribution in [2.24, 2.45) is 0 Å². The van der Waals surface area contributed by atoms with Gasteiger partial charge in [-0.1, -0.05) is 42.5 Å². The van der Waals surface area contributed by atoms with Crippen LogP contribution in [0.4, 0.5) is 5.69 Å². The van der Waals surface area contributed by atoms with Gasteiger partial charge in [-0.3, -0.25) is 14.8 Å². The maximum atomic E-state index is 13.8. The minimum atomic E-state index is -0.662. The zero-order valence-corrected chi connectivity index (χ0v) is 20.1. The summed E-state index contributed by atoms with van der Waals surface area (Å²) in [7, 11) is 1.60. The number of ether oxygens (including phenoxy) is 1. The van der Waals surface area contributed by atoms with Crippen molar-refractivity contribution in [2.45, 2.75) is 25.0 Å². The first kappa shape index (κ1) is 23.1. The van der Waals surface area contributed by atoms with Gasteiger partial charge >= 0.3 is 0 Å². The quantitative estimate of drug-likeness (QED) is 0.406. The highest BCUT2D eigenvalue weighted by Crippen LogP contribution is 2.43. The first-order valence-corrected chi connectivity index (χ1v) is 12.0. The smallest absolute Gasteiger partial charge is 0.246 e. The molecule has 0 saturated carbocycles. The van der Waals surface area contributed by atoms with Gasteiger partial charge in [0.2, 0.25) is 11.8 Å². The Kier molecular flexibility index (Phi) is 5.58. The molecule has 37 heavy (non-hydrogen) atoms. The molecular weight excluding hydrogens is 472 g/mol. The van der Waals surface area contributed by atoms with E-state index >= 15 is 0 Å². The SMILES string of the molecule is COc1ccc(CN2CC(=O)N3C(c4ccc(N([O-])O)cc4)c4[nH]c5ccccc5c4C[C@H]3C2=O)cc1.